The van der Waals surface area contributed by atoms with Crippen molar-refractivity contribution < 1.29 is 9.13 Å². The van der Waals surface area contributed by atoms with E-state index < -0.39 is 0 Å². The van der Waals surface area contributed by atoms with Crippen molar-refractivity contribution in [2.45, 2.75) is 20.5 Å². The number of benzene rings is 2. The fraction of sp³-hybridized carbons (Fsp3) is 0.200. The molecule has 0 saturated heterocycles. The van der Waals surface area contributed by atoms with Gasteiger partial charge in [-0.25, -0.2) is 4.39 Å². The average Bonchev–Trinajstić information content (AvgIpc) is 2.29. The molecular weight excluding hydrogens is 295 g/mol. The molecule has 18 heavy (non-hydrogen) atoms. The summed E-state index contributed by atoms with van der Waals surface area (Å²) < 4.78 is 19.5. The molecule has 0 N–H and O–H groups in total. The number of rotatable bonds is 3. The minimum Gasteiger partial charge on any atom is -0.489 e. The lowest BCUT2D eigenvalue weighted by Crippen LogP contribution is -1.98. The Balaban J connectivity index is 2.13. The summed E-state index contributed by atoms with van der Waals surface area (Å²) in [6.07, 6.45) is 0. The second-order valence-electron chi connectivity index (χ2n) is 4.32. The molecule has 3 heteroatoms. The summed E-state index contributed by atoms with van der Waals surface area (Å²) in [6.45, 7) is 4.53. The first-order chi connectivity index (χ1) is 8.54. The molecule has 2 aromatic rings. The predicted molar refractivity (Wildman–Crippen MR) is 74.3 cm³/mol. The van der Waals surface area contributed by atoms with E-state index in [-0.39, 0.29) is 5.82 Å². The quantitative estimate of drug-likeness (QED) is 0.792. The number of ether oxygens (including phenoxy) is 1. The van der Waals surface area contributed by atoms with Crippen molar-refractivity contribution in [1.82, 2.24) is 0 Å². The van der Waals surface area contributed by atoms with Crippen LogP contribution in [0.1, 0.15) is 16.7 Å². The van der Waals surface area contributed by atoms with E-state index in [0.717, 1.165) is 5.56 Å². The molecule has 0 fully saturated rings. The summed E-state index contributed by atoms with van der Waals surface area (Å²) in [5.74, 6) is 0.225. The molecule has 1 nitrogen and oxygen atoms in total. The van der Waals surface area contributed by atoms with Crippen molar-refractivity contribution in [2.75, 3.05) is 0 Å². The SMILES string of the molecule is Cc1ccc(C)c(COc2cc(F)cc(Br)c2)c1. The van der Waals surface area contributed by atoms with Gasteiger partial charge in [0.05, 0.1) is 0 Å². The first-order valence-electron chi connectivity index (χ1n) is 5.69. The number of halogens is 2. The lowest BCUT2D eigenvalue weighted by Gasteiger charge is -2.10. The van der Waals surface area contributed by atoms with E-state index in [1.54, 1.807) is 6.07 Å². The summed E-state index contributed by atoms with van der Waals surface area (Å²) in [7, 11) is 0. The average molecular weight is 309 g/mol. The van der Waals surface area contributed by atoms with Gasteiger partial charge in [-0.15, -0.1) is 0 Å². The van der Waals surface area contributed by atoms with Gasteiger partial charge in [0.25, 0.3) is 0 Å². The zero-order valence-corrected chi connectivity index (χ0v) is 11.9. The molecule has 94 valence electrons. The van der Waals surface area contributed by atoms with Gasteiger partial charge in [0.1, 0.15) is 18.2 Å². The Kier molecular flexibility index (Phi) is 4.02. The Labute approximate surface area is 115 Å². The van der Waals surface area contributed by atoms with Gasteiger partial charge in [0.2, 0.25) is 0 Å². The normalized spacial score (nSPS) is 10.4. The molecule has 0 radical (unpaired) electrons. The molecule has 0 amide bonds. The highest BCUT2D eigenvalue weighted by Gasteiger charge is 2.03. The van der Waals surface area contributed by atoms with Gasteiger partial charge in [-0.2, -0.15) is 0 Å². The third kappa shape index (κ3) is 3.33. The Bertz CT molecular complexity index is 546. The van der Waals surface area contributed by atoms with Crippen LogP contribution in [0.3, 0.4) is 0 Å². The Morgan fingerprint density at radius 1 is 1.11 bits per heavy atom. The molecule has 0 unspecified atom stereocenters. The van der Waals surface area contributed by atoms with E-state index in [0.29, 0.717) is 16.8 Å². The van der Waals surface area contributed by atoms with Gasteiger partial charge in [0.15, 0.2) is 0 Å². The summed E-state index contributed by atoms with van der Waals surface area (Å²) in [6, 6.07) is 10.8. The van der Waals surface area contributed by atoms with Crippen LogP contribution in [0.25, 0.3) is 0 Å². The van der Waals surface area contributed by atoms with E-state index in [4.69, 9.17) is 4.74 Å². The van der Waals surface area contributed by atoms with Crippen LogP contribution in [-0.2, 0) is 6.61 Å². The largest absolute Gasteiger partial charge is 0.489 e. The molecule has 0 aliphatic rings. The van der Waals surface area contributed by atoms with Crippen LogP contribution in [0.4, 0.5) is 4.39 Å². The predicted octanol–water partition coefficient (Wildman–Crippen LogP) is 4.78. The monoisotopic (exact) mass is 308 g/mol. The summed E-state index contributed by atoms with van der Waals surface area (Å²) in [5.41, 5.74) is 3.49. The van der Waals surface area contributed by atoms with E-state index in [2.05, 4.69) is 34.1 Å². The van der Waals surface area contributed by atoms with Crippen molar-refractivity contribution in [2.24, 2.45) is 0 Å². The highest BCUT2D eigenvalue weighted by atomic mass is 79.9. The van der Waals surface area contributed by atoms with Crippen LogP contribution in [-0.4, -0.2) is 0 Å². The van der Waals surface area contributed by atoms with Gasteiger partial charge in [-0.05, 0) is 37.1 Å². The van der Waals surface area contributed by atoms with Crippen LogP contribution >= 0.6 is 15.9 Å². The number of hydrogen-bond acceptors (Lipinski definition) is 1. The molecular formula is C15H14BrFO. The van der Waals surface area contributed by atoms with Gasteiger partial charge < -0.3 is 4.74 Å². The van der Waals surface area contributed by atoms with Gasteiger partial charge in [0, 0.05) is 10.5 Å². The molecule has 0 aromatic heterocycles. The first-order valence-corrected chi connectivity index (χ1v) is 6.49. The van der Waals surface area contributed by atoms with Gasteiger partial charge in [-0.1, -0.05) is 39.7 Å². The van der Waals surface area contributed by atoms with Crippen LogP contribution in [0.15, 0.2) is 40.9 Å². The molecule has 0 saturated carbocycles. The second kappa shape index (κ2) is 5.53. The topological polar surface area (TPSA) is 9.23 Å². The second-order valence-corrected chi connectivity index (χ2v) is 5.24. The molecule has 2 aromatic carbocycles. The molecule has 0 aliphatic carbocycles. The van der Waals surface area contributed by atoms with Crippen molar-refractivity contribution >= 4 is 15.9 Å². The Hall–Kier alpha value is -1.35. The van der Waals surface area contributed by atoms with E-state index in [1.807, 2.05) is 13.8 Å². The van der Waals surface area contributed by atoms with E-state index in [9.17, 15) is 4.39 Å². The lowest BCUT2D eigenvalue weighted by molar-refractivity contribution is 0.303. The first kappa shape index (κ1) is 13.1. The fourth-order valence-corrected chi connectivity index (χ4v) is 2.17. The van der Waals surface area contributed by atoms with E-state index in [1.165, 1.54) is 23.3 Å². The molecule has 0 heterocycles. The zero-order chi connectivity index (χ0) is 13.1. The van der Waals surface area contributed by atoms with E-state index >= 15 is 0 Å². The van der Waals surface area contributed by atoms with Crippen molar-refractivity contribution in [3.8, 4) is 5.75 Å². The standard InChI is InChI=1S/C15H14BrFO/c1-10-3-4-11(2)12(5-10)9-18-15-7-13(16)6-14(17)8-15/h3-8H,9H2,1-2H3. The molecule has 0 spiro atoms. The lowest BCUT2D eigenvalue weighted by atomic mass is 10.1. The summed E-state index contributed by atoms with van der Waals surface area (Å²) in [4.78, 5) is 0. The molecule has 0 atom stereocenters. The minimum absolute atomic E-state index is 0.305. The smallest absolute Gasteiger partial charge is 0.128 e. The van der Waals surface area contributed by atoms with Crippen molar-refractivity contribution in [3.05, 3.63) is 63.4 Å². The summed E-state index contributed by atoms with van der Waals surface area (Å²) >= 11 is 3.25. The Morgan fingerprint density at radius 3 is 2.61 bits per heavy atom. The minimum atomic E-state index is -0.305. The van der Waals surface area contributed by atoms with Crippen LogP contribution in [0.5, 0.6) is 5.75 Å². The highest BCUT2D eigenvalue weighted by molar-refractivity contribution is 9.10. The van der Waals surface area contributed by atoms with Crippen LogP contribution < -0.4 is 4.74 Å². The van der Waals surface area contributed by atoms with Crippen LogP contribution in [0.2, 0.25) is 0 Å². The molecule has 0 aliphatic heterocycles. The third-order valence-electron chi connectivity index (χ3n) is 2.74. The fourth-order valence-electron chi connectivity index (χ4n) is 1.73. The Morgan fingerprint density at radius 2 is 1.89 bits per heavy atom. The molecule has 0 bridgehead atoms. The van der Waals surface area contributed by atoms with Crippen LogP contribution in [0, 0.1) is 19.7 Å². The number of hydrogen-bond donors (Lipinski definition) is 0. The third-order valence-corrected chi connectivity index (χ3v) is 3.19. The van der Waals surface area contributed by atoms with Crippen molar-refractivity contribution in [1.29, 1.82) is 0 Å². The highest BCUT2D eigenvalue weighted by Crippen LogP contribution is 2.22. The zero-order valence-electron chi connectivity index (χ0n) is 10.3. The maximum absolute atomic E-state index is 13.2. The molecule has 2 rings (SSSR count). The maximum atomic E-state index is 13.2. The maximum Gasteiger partial charge on any atom is 0.128 e. The number of aryl methyl sites for hydroxylation is 2. The van der Waals surface area contributed by atoms with Gasteiger partial charge >= 0.3 is 0 Å². The van der Waals surface area contributed by atoms with Gasteiger partial charge in [-0.3, -0.25) is 0 Å². The van der Waals surface area contributed by atoms with Crippen molar-refractivity contribution in [3.63, 3.8) is 0 Å². The summed E-state index contributed by atoms with van der Waals surface area (Å²) in [5, 5.41) is 0.